The van der Waals surface area contributed by atoms with Gasteiger partial charge in [-0.1, -0.05) is 11.6 Å². The van der Waals surface area contributed by atoms with E-state index in [2.05, 4.69) is 21.2 Å². The van der Waals surface area contributed by atoms with Gasteiger partial charge in [-0.05, 0) is 53.4 Å². The molecule has 0 bridgehead atoms. The first-order valence-corrected chi connectivity index (χ1v) is 6.73. The third-order valence-electron chi connectivity index (χ3n) is 2.73. The first-order valence-electron chi connectivity index (χ1n) is 5.56. The van der Waals surface area contributed by atoms with Gasteiger partial charge in [0.1, 0.15) is 0 Å². The van der Waals surface area contributed by atoms with Gasteiger partial charge in [0.05, 0.1) is 11.1 Å². The van der Waals surface area contributed by atoms with Gasteiger partial charge >= 0.3 is 0 Å². The molecule has 1 aromatic carbocycles. The number of hydrogen-bond donors (Lipinski definition) is 1. The molecule has 1 heterocycles. The van der Waals surface area contributed by atoms with Gasteiger partial charge in [0, 0.05) is 23.3 Å². The van der Waals surface area contributed by atoms with Crippen LogP contribution >= 0.6 is 27.5 Å². The zero-order valence-electron chi connectivity index (χ0n) is 9.01. The molecule has 1 atom stereocenters. The second-order valence-corrected chi connectivity index (χ2v) is 5.26. The minimum Gasteiger partial charge on any atom is -0.382 e. The van der Waals surface area contributed by atoms with Gasteiger partial charge in [-0.3, -0.25) is 0 Å². The van der Waals surface area contributed by atoms with E-state index in [4.69, 9.17) is 16.3 Å². The summed E-state index contributed by atoms with van der Waals surface area (Å²) < 4.78 is 6.57. The average molecular weight is 305 g/mol. The van der Waals surface area contributed by atoms with E-state index in [-0.39, 0.29) is 0 Å². The van der Waals surface area contributed by atoms with Crippen molar-refractivity contribution in [3.05, 3.63) is 27.7 Å². The highest BCUT2D eigenvalue weighted by Crippen LogP contribution is 2.25. The van der Waals surface area contributed by atoms with Crippen molar-refractivity contribution in [2.24, 2.45) is 0 Å². The number of hydrogen-bond acceptors (Lipinski definition) is 2. The maximum absolute atomic E-state index is 6.02. The number of nitrogens with one attached hydrogen (secondary N) is 1. The largest absolute Gasteiger partial charge is 0.382 e. The van der Waals surface area contributed by atoms with Gasteiger partial charge in [-0.25, -0.2) is 0 Å². The molecule has 1 N–H and O–H groups in total. The minimum atomic E-state index is 0.344. The molecule has 1 aliphatic rings. The molecule has 16 heavy (non-hydrogen) atoms. The third-order valence-corrected chi connectivity index (χ3v) is 3.96. The quantitative estimate of drug-likeness (QED) is 0.908. The summed E-state index contributed by atoms with van der Waals surface area (Å²) in [6.45, 7) is 1.76. The number of benzene rings is 1. The van der Waals surface area contributed by atoms with Crippen LogP contribution in [0.4, 0.5) is 5.69 Å². The Balaban J connectivity index is 1.86. The molecule has 0 radical (unpaired) electrons. The molecule has 1 fully saturated rings. The summed E-state index contributed by atoms with van der Waals surface area (Å²) in [7, 11) is 0. The van der Waals surface area contributed by atoms with Crippen LogP contribution in [0.15, 0.2) is 22.7 Å². The van der Waals surface area contributed by atoms with E-state index >= 15 is 0 Å². The van der Waals surface area contributed by atoms with Crippen molar-refractivity contribution in [3.8, 4) is 0 Å². The summed E-state index contributed by atoms with van der Waals surface area (Å²) >= 11 is 9.39. The van der Waals surface area contributed by atoms with Crippen molar-refractivity contribution in [2.45, 2.75) is 25.4 Å². The molecule has 1 aromatic rings. The molecule has 2 nitrogen and oxygen atoms in total. The van der Waals surface area contributed by atoms with Crippen molar-refractivity contribution >= 4 is 33.2 Å². The number of anilines is 1. The first kappa shape index (κ1) is 12.2. The molecule has 1 unspecified atom stereocenters. The molecule has 4 heteroatoms. The third kappa shape index (κ3) is 3.37. The summed E-state index contributed by atoms with van der Waals surface area (Å²) in [4.78, 5) is 0. The normalized spacial score (nSPS) is 20.8. The average Bonchev–Trinajstić information content (AvgIpc) is 2.32. The van der Waals surface area contributed by atoms with Gasteiger partial charge in [0.2, 0.25) is 0 Å². The molecule has 88 valence electrons. The topological polar surface area (TPSA) is 21.3 Å². The summed E-state index contributed by atoms with van der Waals surface area (Å²) in [5.74, 6) is 0. The van der Waals surface area contributed by atoms with Crippen LogP contribution in [0.3, 0.4) is 0 Å². The molecular formula is C12H15BrClNO. The van der Waals surface area contributed by atoms with Crippen LogP contribution in [0.25, 0.3) is 0 Å². The lowest BCUT2D eigenvalue weighted by atomic mass is 10.1. The van der Waals surface area contributed by atoms with Crippen molar-refractivity contribution in [1.82, 2.24) is 0 Å². The van der Waals surface area contributed by atoms with Crippen molar-refractivity contribution in [1.29, 1.82) is 0 Å². The number of ether oxygens (including phenoxy) is 1. The Morgan fingerprint density at radius 3 is 3.00 bits per heavy atom. The predicted molar refractivity (Wildman–Crippen MR) is 71.2 cm³/mol. The van der Waals surface area contributed by atoms with Gasteiger partial charge in [0.25, 0.3) is 0 Å². The van der Waals surface area contributed by atoms with Crippen molar-refractivity contribution < 1.29 is 4.74 Å². The maximum atomic E-state index is 6.02. The summed E-state index contributed by atoms with van der Waals surface area (Å²) in [6, 6.07) is 5.89. The van der Waals surface area contributed by atoms with E-state index in [9.17, 15) is 0 Å². The second kappa shape index (κ2) is 5.89. The molecular weight excluding hydrogens is 289 g/mol. The minimum absolute atomic E-state index is 0.344. The smallest absolute Gasteiger partial charge is 0.0747 e. The van der Waals surface area contributed by atoms with E-state index in [1.54, 1.807) is 0 Å². The summed E-state index contributed by atoms with van der Waals surface area (Å²) in [5.41, 5.74) is 1.04. The summed E-state index contributed by atoms with van der Waals surface area (Å²) in [6.07, 6.45) is 3.96. The molecule has 2 rings (SSSR count). The second-order valence-electron chi connectivity index (χ2n) is 4.00. The standard InChI is InChI=1S/C12H15BrClNO/c13-11-5-4-9(7-12(11)14)15-8-10-3-1-2-6-16-10/h4-5,7,10,15H,1-3,6,8H2. The first-order chi connectivity index (χ1) is 7.75. The monoisotopic (exact) mass is 303 g/mol. The van der Waals surface area contributed by atoms with Crippen LogP contribution in [0.5, 0.6) is 0 Å². The maximum Gasteiger partial charge on any atom is 0.0747 e. The Morgan fingerprint density at radius 2 is 2.31 bits per heavy atom. The summed E-state index contributed by atoms with van der Waals surface area (Å²) in [5, 5.41) is 4.08. The molecule has 0 aliphatic carbocycles. The number of rotatable bonds is 3. The van der Waals surface area contributed by atoms with Crippen LogP contribution in [-0.2, 0) is 4.74 Å². The molecule has 0 spiro atoms. The lowest BCUT2D eigenvalue weighted by Crippen LogP contribution is -2.26. The fourth-order valence-electron chi connectivity index (χ4n) is 1.81. The van der Waals surface area contributed by atoms with E-state index < -0.39 is 0 Å². The fourth-order valence-corrected chi connectivity index (χ4v) is 2.23. The zero-order valence-corrected chi connectivity index (χ0v) is 11.4. The van der Waals surface area contributed by atoms with Crippen LogP contribution in [-0.4, -0.2) is 19.3 Å². The molecule has 0 aromatic heterocycles. The van der Waals surface area contributed by atoms with Crippen LogP contribution in [0.2, 0.25) is 5.02 Å². The van der Waals surface area contributed by atoms with Gasteiger partial charge in [0.15, 0.2) is 0 Å². The molecule has 0 saturated carbocycles. The Morgan fingerprint density at radius 1 is 1.44 bits per heavy atom. The fraction of sp³-hybridized carbons (Fsp3) is 0.500. The highest BCUT2D eigenvalue weighted by Gasteiger charge is 2.13. The van der Waals surface area contributed by atoms with Gasteiger partial charge in [-0.15, -0.1) is 0 Å². The molecule has 0 amide bonds. The van der Waals surface area contributed by atoms with Crippen LogP contribution in [0, 0.1) is 0 Å². The lowest BCUT2D eigenvalue weighted by molar-refractivity contribution is 0.0247. The predicted octanol–water partition coefficient (Wildman–Crippen LogP) is 4.08. The van der Waals surface area contributed by atoms with Crippen molar-refractivity contribution in [2.75, 3.05) is 18.5 Å². The van der Waals surface area contributed by atoms with Crippen LogP contribution < -0.4 is 5.32 Å². The van der Waals surface area contributed by atoms with Crippen LogP contribution in [0.1, 0.15) is 19.3 Å². The van der Waals surface area contributed by atoms with E-state index in [0.717, 1.165) is 34.8 Å². The van der Waals surface area contributed by atoms with E-state index in [0.29, 0.717) is 6.10 Å². The molecule has 1 saturated heterocycles. The Kier molecular flexibility index (Phi) is 4.50. The highest BCUT2D eigenvalue weighted by molar-refractivity contribution is 9.10. The van der Waals surface area contributed by atoms with E-state index in [1.165, 1.54) is 12.8 Å². The van der Waals surface area contributed by atoms with E-state index in [1.807, 2.05) is 18.2 Å². The van der Waals surface area contributed by atoms with Gasteiger partial charge in [-0.2, -0.15) is 0 Å². The lowest BCUT2D eigenvalue weighted by Gasteiger charge is -2.23. The molecule has 1 aliphatic heterocycles. The SMILES string of the molecule is Clc1cc(NCC2CCCCO2)ccc1Br. The Bertz CT molecular complexity index is 353. The highest BCUT2D eigenvalue weighted by atomic mass is 79.9. The Labute approximate surface area is 109 Å². The number of halogens is 2. The van der Waals surface area contributed by atoms with Gasteiger partial charge < -0.3 is 10.1 Å². The zero-order chi connectivity index (χ0) is 11.4. The Hall–Kier alpha value is -0.250. The van der Waals surface area contributed by atoms with Crippen molar-refractivity contribution in [3.63, 3.8) is 0 Å².